The van der Waals surface area contributed by atoms with E-state index in [0.29, 0.717) is 5.52 Å². The van der Waals surface area contributed by atoms with E-state index in [-0.39, 0.29) is 16.1 Å². The van der Waals surface area contributed by atoms with Gasteiger partial charge >= 0.3 is 0 Å². The van der Waals surface area contributed by atoms with Gasteiger partial charge in [-0.25, -0.2) is 17.1 Å². The number of anilines is 1. The Hall–Kier alpha value is -3.05. The maximum atomic E-state index is 13.5. The van der Waals surface area contributed by atoms with Gasteiger partial charge in [-0.2, -0.15) is 0 Å². The Morgan fingerprint density at radius 1 is 1.26 bits per heavy atom. The first kappa shape index (κ1) is 18.7. The summed E-state index contributed by atoms with van der Waals surface area (Å²) in [5, 5.41) is 9.96. The van der Waals surface area contributed by atoms with Gasteiger partial charge in [0.15, 0.2) is 6.61 Å². The lowest BCUT2D eigenvalue weighted by atomic mass is 10.3. The Labute approximate surface area is 154 Å². The van der Waals surface area contributed by atoms with Crippen molar-refractivity contribution in [3.63, 3.8) is 0 Å². The Morgan fingerprint density at radius 3 is 2.70 bits per heavy atom. The van der Waals surface area contributed by atoms with Crippen LogP contribution in [-0.2, 0) is 14.8 Å². The smallest absolute Gasteiger partial charge is 0.265 e. The monoisotopic (exact) mass is 393 g/mol. The van der Waals surface area contributed by atoms with Crippen molar-refractivity contribution >= 4 is 32.7 Å². The highest BCUT2D eigenvalue weighted by Crippen LogP contribution is 2.19. The number of hydrogen-bond acceptors (Lipinski definition) is 6. The highest BCUT2D eigenvalue weighted by Gasteiger charge is 2.19. The minimum Gasteiger partial charge on any atom is -0.385 e. The molecule has 1 N–H and O–H groups in total. The first-order valence-corrected chi connectivity index (χ1v) is 9.19. The zero-order valence-corrected chi connectivity index (χ0v) is 15.3. The van der Waals surface area contributed by atoms with Gasteiger partial charge in [-0.15, -0.1) is 5.10 Å². The summed E-state index contributed by atoms with van der Waals surface area (Å²) in [5.41, 5.74) is 0.688. The lowest BCUT2D eigenvalue weighted by molar-refractivity contribution is -0.121. The molecule has 0 aliphatic heterocycles. The second kappa shape index (κ2) is 7.29. The van der Waals surface area contributed by atoms with E-state index in [0.717, 1.165) is 9.15 Å². The summed E-state index contributed by atoms with van der Waals surface area (Å²) in [7, 11) is -0.821. The van der Waals surface area contributed by atoms with Gasteiger partial charge in [-0.05, 0) is 35.5 Å². The van der Waals surface area contributed by atoms with Crippen LogP contribution < -0.4 is 10.2 Å². The number of para-hydroxylation sites is 1. The number of nitrogens with one attached hydrogen (secondary N) is 1. The van der Waals surface area contributed by atoms with Gasteiger partial charge in [0.05, 0.1) is 10.6 Å². The van der Waals surface area contributed by atoms with Gasteiger partial charge in [-0.1, -0.05) is 17.0 Å². The number of halogens is 1. The molecule has 0 atom stereocenters. The Kier molecular flexibility index (Phi) is 5.06. The number of sulfonamides is 1. The van der Waals surface area contributed by atoms with Gasteiger partial charge in [-0.3, -0.25) is 4.79 Å². The molecule has 27 heavy (non-hydrogen) atoms. The van der Waals surface area contributed by atoms with Crippen molar-refractivity contribution in [3.05, 3.63) is 48.3 Å². The van der Waals surface area contributed by atoms with Crippen LogP contribution in [0.3, 0.4) is 0 Å². The van der Waals surface area contributed by atoms with Crippen LogP contribution in [-0.4, -0.2) is 54.5 Å². The number of carbonyl (C=O) groups is 1. The molecule has 2 aromatic carbocycles. The van der Waals surface area contributed by atoms with Crippen molar-refractivity contribution in [1.29, 1.82) is 0 Å². The van der Waals surface area contributed by atoms with Crippen molar-refractivity contribution in [3.8, 4) is 0 Å². The summed E-state index contributed by atoms with van der Waals surface area (Å²) in [6.45, 7) is -0.475. The predicted molar refractivity (Wildman–Crippen MR) is 94.9 cm³/mol. The molecule has 0 saturated heterocycles. The second-order valence-electron chi connectivity index (χ2n) is 5.70. The minimum absolute atomic E-state index is 0.0221. The molecule has 0 aliphatic rings. The maximum Gasteiger partial charge on any atom is 0.265 e. The van der Waals surface area contributed by atoms with Gasteiger partial charge in [0.1, 0.15) is 16.9 Å². The first-order valence-electron chi connectivity index (χ1n) is 7.74. The number of amides is 1. The third-order valence-electron chi connectivity index (χ3n) is 3.63. The van der Waals surface area contributed by atoms with Gasteiger partial charge < -0.3 is 10.2 Å². The van der Waals surface area contributed by atoms with E-state index in [2.05, 4.69) is 15.6 Å². The van der Waals surface area contributed by atoms with E-state index in [1.165, 1.54) is 50.5 Å². The van der Waals surface area contributed by atoms with E-state index in [9.17, 15) is 17.6 Å². The largest absolute Gasteiger partial charge is 0.385 e. The molecular weight excluding hydrogens is 377 g/mol. The van der Waals surface area contributed by atoms with Crippen LogP contribution in [0.1, 0.15) is 0 Å². The fourth-order valence-corrected chi connectivity index (χ4v) is 3.14. The van der Waals surface area contributed by atoms with Crippen LogP contribution in [0.15, 0.2) is 47.4 Å². The number of nitrogens with zero attached hydrogens (tertiary/aromatic N) is 4. The number of rotatable bonds is 6. The van der Waals surface area contributed by atoms with E-state index >= 15 is 0 Å². The highest BCUT2D eigenvalue weighted by atomic mass is 32.2. The zero-order valence-electron chi connectivity index (χ0n) is 14.5. The minimum atomic E-state index is -3.65. The van der Waals surface area contributed by atoms with E-state index in [1.54, 1.807) is 6.07 Å². The van der Waals surface area contributed by atoms with Gasteiger partial charge in [0.2, 0.25) is 10.0 Å². The summed E-state index contributed by atoms with van der Waals surface area (Å²) in [6, 6.07) is 9.95. The topological polar surface area (TPSA) is 106 Å². The van der Waals surface area contributed by atoms with Crippen LogP contribution in [0.25, 0.3) is 11.0 Å². The molecule has 0 unspecified atom stereocenters. The number of fused-ring (bicyclic) bond motifs is 1. The highest BCUT2D eigenvalue weighted by molar-refractivity contribution is 7.89. The van der Waals surface area contributed by atoms with Crippen LogP contribution in [0, 0.1) is 5.82 Å². The van der Waals surface area contributed by atoms with E-state index < -0.39 is 28.4 Å². The summed E-state index contributed by atoms with van der Waals surface area (Å²) < 4.78 is 39.1. The van der Waals surface area contributed by atoms with Crippen molar-refractivity contribution in [2.24, 2.45) is 0 Å². The average molecular weight is 393 g/mol. The maximum absolute atomic E-state index is 13.5. The van der Waals surface area contributed by atoms with Crippen LogP contribution >= 0.6 is 0 Å². The quantitative estimate of drug-likeness (QED) is 0.667. The molecule has 142 valence electrons. The molecule has 1 aromatic heterocycles. The molecule has 0 spiro atoms. The van der Waals surface area contributed by atoms with Gasteiger partial charge in [0.25, 0.3) is 5.91 Å². The summed E-state index contributed by atoms with van der Waals surface area (Å²) in [5.74, 6) is -1.18. The first-order chi connectivity index (χ1) is 12.8. The lowest BCUT2D eigenvalue weighted by Gasteiger charge is -2.11. The molecule has 1 amide bonds. The molecule has 0 radical (unpaired) electrons. The molecule has 3 aromatic rings. The Balaban J connectivity index is 1.77. The van der Waals surface area contributed by atoms with Crippen molar-refractivity contribution < 1.29 is 22.4 Å². The fourth-order valence-electron chi connectivity index (χ4n) is 2.21. The Bertz CT molecular complexity index is 1100. The lowest BCUT2D eigenvalue weighted by Crippen LogP contribution is -2.26. The van der Waals surface area contributed by atoms with Crippen LogP contribution in [0.4, 0.5) is 10.1 Å². The Morgan fingerprint density at radius 2 is 2.00 bits per heavy atom. The van der Waals surface area contributed by atoms with Crippen LogP contribution in [0.2, 0.25) is 0 Å². The third kappa shape index (κ3) is 3.88. The molecule has 0 aliphatic carbocycles. The number of carbonyl (C=O) groups excluding carboxylic acids is 1. The van der Waals surface area contributed by atoms with E-state index in [1.807, 2.05) is 0 Å². The molecular formula is C16H16FN5O4S. The molecule has 9 nitrogen and oxygen atoms in total. The molecule has 11 heteroatoms. The molecule has 0 saturated carbocycles. The zero-order chi connectivity index (χ0) is 19.6. The van der Waals surface area contributed by atoms with Crippen molar-refractivity contribution in [1.82, 2.24) is 19.5 Å². The SMILES string of the molecule is CN(C)S(=O)(=O)c1ccc2nnn(OCC(=O)Nc3ccccc3F)c2c1. The van der Waals surface area contributed by atoms with Gasteiger partial charge in [0, 0.05) is 14.1 Å². The normalized spacial score (nSPS) is 11.7. The second-order valence-corrected chi connectivity index (χ2v) is 7.85. The standard InChI is InChI=1S/C16H16FN5O4S/c1-21(2)27(24,25)11-7-8-14-15(9-11)22(20-19-14)26-10-16(23)18-13-6-4-3-5-12(13)17/h3-9H,10H2,1-2H3,(H,18,23). The fraction of sp³-hybridized carbons (Fsp3) is 0.188. The molecule has 3 rings (SSSR count). The number of aromatic nitrogens is 3. The summed E-state index contributed by atoms with van der Waals surface area (Å²) >= 11 is 0. The van der Waals surface area contributed by atoms with Crippen molar-refractivity contribution in [2.45, 2.75) is 4.90 Å². The van der Waals surface area contributed by atoms with E-state index in [4.69, 9.17) is 4.84 Å². The van der Waals surface area contributed by atoms with Crippen LogP contribution in [0.5, 0.6) is 0 Å². The van der Waals surface area contributed by atoms with Crippen molar-refractivity contribution in [2.75, 3.05) is 26.0 Å². The molecule has 1 heterocycles. The number of hydrogen-bond donors (Lipinski definition) is 1. The molecule has 0 bridgehead atoms. The molecule has 0 fully saturated rings. The predicted octanol–water partition coefficient (Wildman–Crippen LogP) is 0.888. The average Bonchev–Trinajstić information content (AvgIpc) is 3.04. The third-order valence-corrected chi connectivity index (χ3v) is 5.44. The summed E-state index contributed by atoms with van der Waals surface area (Å²) in [4.78, 5) is 18.2. The number of benzene rings is 2. The summed E-state index contributed by atoms with van der Waals surface area (Å²) in [6.07, 6.45) is 0.